The standard InChI is InChI=1S/C29H25N3O3S/c1-17-7-5-6-8-21(17)26-31-24(16-36-26)18-9-12-20(13-10-18)30-25(33)19-11-14-22-23(15-19)28(35)32(27(22)34)29(2,3)4/h5-16H,1-4H3,(H,30,33). The highest BCUT2D eigenvalue weighted by molar-refractivity contribution is 7.13. The Morgan fingerprint density at radius 2 is 1.58 bits per heavy atom. The molecule has 7 heteroatoms. The first-order valence-electron chi connectivity index (χ1n) is 11.6. The van der Waals surface area contributed by atoms with Gasteiger partial charge in [-0.15, -0.1) is 11.3 Å². The monoisotopic (exact) mass is 495 g/mol. The molecule has 0 bridgehead atoms. The lowest BCUT2D eigenvalue weighted by Crippen LogP contribution is -2.45. The van der Waals surface area contributed by atoms with Gasteiger partial charge in [0.15, 0.2) is 0 Å². The molecule has 3 amide bonds. The highest BCUT2D eigenvalue weighted by Crippen LogP contribution is 2.32. The highest BCUT2D eigenvalue weighted by atomic mass is 32.1. The van der Waals surface area contributed by atoms with Crippen LogP contribution in [0.1, 0.15) is 57.4 Å². The number of nitrogens with zero attached hydrogens (tertiary/aromatic N) is 2. The van der Waals surface area contributed by atoms with Crippen molar-refractivity contribution < 1.29 is 14.4 Å². The zero-order valence-corrected chi connectivity index (χ0v) is 21.3. The summed E-state index contributed by atoms with van der Waals surface area (Å²) < 4.78 is 0. The topological polar surface area (TPSA) is 79.4 Å². The van der Waals surface area contributed by atoms with E-state index in [0.717, 1.165) is 21.8 Å². The van der Waals surface area contributed by atoms with Crippen LogP contribution >= 0.6 is 11.3 Å². The van der Waals surface area contributed by atoms with Gasteiger partial charge in [-0.05, 0) is 63.6 Å². The van der Waals surface area contributed by atoms with Gasteiger partial charge in [0.05, 0.1) is 16.8 Å². The third kappa shape index (κ3) is 4.22. The van der Waals surface area contributed by atoms with Crippen LogP contribution in [0.3, 0.4) is 0 Å². The van der Waals surface area contributed by atoms with Gasteiger partial charge < -0.3 is 5.32 Å². The number of fused-ring (bicyclic) bond motifs is 1. The molecular formula is C29H25N3O3S. The van der Waals surface area contributed by atoms with E-state index in [1.54, 1.807) is 44.2 Å². The van der Waals surface area contributed by atoms with Crippen LogP contribution in [0.25, 0.3) is 21.8 Å². The molecule has 4 aromatic rings. The van der Waals surface area contributed by atoms with Crippen molar-refractivity contribution in [2.45, 2.75) is 33.2 Å². The van der Waals surface area contributed by atoms with Crippen LogP contribution in [-0.2, 0) is 0 Å². The van der Waals surface area contributed by atoms with Crippen LogP contribution in [0.2, 0.25) is 0 Å². The Morgan fingerprint density at radius 1 is 0.889 bits per heavy atom. The number of carbonyl (C=O) groups excluding carboxylic acids is 3. The summed E-state index contributed by atoms with van der Waals surface area (Å²) in [7, 11) is 0. The fourth-order valence-corrected chi connectivity index (χ4v) is 5.18. The lowest BCUT2D eigenvalue weighted by molar-refractivity contribution is 0.0507. The van der Waals surface area contributed by atoms with Crippen molar-refractivity contribution in [3.8, 4) is 21.8 Å². The molecule has 36 heavy (non-hydrogen) atoms. The van der Waals surface area contributed by atoms with Crippen molar-refractivity contribution in [3.05, 3.63) is 94.4 Å². The largest absolute Gasteiger partial charge is 0.322 e. The lowest BCUT2D eigenvalue weighted by Gasteiger charge is -2.29. The second-order valence-corrected chi connectivity index (χ2v) is 10.6. The van der Waals surface area contributed by atoms with Crippen LogP contribution in [0, 0.1) is 6.92 Å². The van der Waals surface area contributed by atoms with E-state index in [2.05, 4.69) is 24.4 Å². The number of amides is 3. The maximum atomic E-state index is 12.9. The van der Waals surface area contributed by atoms with Gasteiger partial charge in [-0.25, -0.2) is 4.98 Å². The molecule has 180 valence electrons. The van der Waals surface area contributed by atoms with Gasteiger partial charge in [0.25, 0.3) is 17.7 Å². The number of thiazole rings is 1. The fourth-order valence-electron chi connectivity index (χ4n) is 4.26. The van der Waals surface area contributed by atoms with Gasteiger partial charge in [0.1, 0.15) is 5.01 Å². The minimum absolute atomic E-state index is 0.255. The van der Waals surface area contributed by atoms with Crippen LogP contribution in [0.15, 0.2) is 72.1 Å². The van der Waals surface area contributed by atoms with Gasteiger partial charge in [-0.1, -0.05) is 36.4 Å². The first-order valence-corrected chi connectivity index (χ1v) is 12.5. The third-order valence-corrected chi connectivity index (χ3v) is 7.01. The number of aromatic nitrogens is 1. The summed E-state index contributed by atoms with van der Waals surface area (Å²) in [6, 6.07) is 20.3. The summed E-state index contributed by atoms with van der Waals surface area (Å²) in [6.07, 6.45) is 0. The second kappa shape index (κ2) is 8.84. The van der Waals surface area contributed by atoms with E-state index in [0.29, 0.717) is 16.8 Å². The highest BCUT2D eigenvalue weighted by Gasteiger charge is 2.42. The molecule has 1 aromatic heterocycles. The molecular weight excluding hydrogens is 470 g/mol. The zero-order chi connectivity index (χ0) is 25.6. The molecule has 0 unspecified atom stereocenters. The predicted octanol–water partition coefficient (Wildman–Crippen LogP) is 6.43. The number of imide groups is 1. The Kier molecular flexibility index (Phi) is 5.80. The first-order chi connectivity index (χ1) is 17.1. The van der Waals surface area contributed by atoms with Crippen molar-refractivity contribution in [3.63, 3.8) is 0 Å². The van der Waals surface area contributed by atoms with E-state index < -0.39 is 5.54 Å². The van der Waals surface area contributed by atoms with Crippen molar-refractivity contribution in [1.82, 2.24) is 9.88 Å². The Morgan fingerprint density at radius 3 is 2.28 bits per heavy atom. The molecule has 0 fully saturated rings. The average molecular weight is 496 g/mol. The van der Waals surface area contributed by atoms with E-state index in [4.69, 9.17) is 4.98 Å². The summed E-state index contributed by atoms with van der Waals surface area (Å²) >= 11 is 1.60. The molecule has 1 aliphatic rings. The second-order valence-electron chi connectivity index (χ2n) is 9.76. The van der Waals surface area contributed by atoms with Crippen molar-refractivity contribution in [2.24, 2.45) is 0 Å². The van der Waals surface area contributed by atoms with Crippen LogP contribution in [-0.4, -0.2) is 33.1 Å². The molecule has 5 rings (SSSR count). The molecule has 2 heterocycles. The van der Waals surface area contributed by atoms with E-state index in [-0.39, 0.29) is 23.3 Å². The lowest BCUT2D eigenvalue weighted by atomic mass is 10.1. The Hall–Kier alpha value is -4.10. The summed E-state index contributed by atoms with van der Waals surface area (Å²) in [5.41, 5.74) is 5.01. The van der Waals surface area contributed by atoms with Gasteiger partial charge in [-0.3, -0.25) is 19.3 Å². The summed E-state index contributed by atoms with van der Waals surface area (Å²) in [5, 5.41) is 5.86. The molecule has 0 atom stereocenters. The molecule has 3 aromatic carbocycles. The Bertz CT molecular complexity index is 1510. The van der Waals surface area contributed by atoms with E-state index in [1.807, 2.05) is 41.8 Å². The summed E-state index contributed by atoms with van der Waals surface area (Å²) in [4.78, 5) is 44.4. The Labute approximate surface area is 213 Å². The van der Waals surface area contributed by atoms with Gasteiger partial charge in [0, 0.05) is 33.3 Å². The molecule has 0 saturated heterocycles. The van der Waals surface area contributed by atoms with Crippen LogP contribution < -0.4 is 5.32 Å². The fraction of sp³-hybridized carbons (Fsp3) is 0.172. The molecule has 0 radical (unpaired) electrons. The molecule has 0 aliphatic carbocycles. The molecule has 1 aliphatic heterocycles. The third-order valence-electron chi connectivity index (χ3n) is 6.14. The average Bonchev–Trinajstić information content (AvgIpc) is 3.42. The van der Waals surface area contributed by atoms with Crippen molar-refractivity contribution >= 4 is 34.7 Å². The number of benzene rings is 3. The number of aryl methyl sites for hydroxylation is 1. The summed E-state index contributed by atoms with van der Waals surface area (Å²) in [6.45, 7) is 7.49. The number of rotatable bonds is 4. The Balaban J connectivity index is 1.32. The first kappa shape index (κ1) is 23.6. The number of anilines is 1. The molecule has 0 spiro atoms. The SMILES string of the molecule is Cc1ccccc1-c1nc(-c2ccc(NC(=O)c3ccc4c(c3)C(=O)N(C(C)(C)C)C4=O)cc2)cs1. The number of hydrogen-bond acceptors (Lipinski definition) is 5. The van der Waals surface area contributed by atoms with Gasteiger partial charge in [-0.2, -0.15) is 0 Å². The van der Waals surface area contributed by atoms with Crippen molar-refractivity contribution in [1.29, 1.82) is 0 Å². The minimum atomic E-state index is -0.643. The minimum Gasteiger partial charge on any atom is -0.322 e. The zero-order valence-electron chi connectivity index (χ0n) is 20.5. The maximum absolute atomic E-state index is 12.9. The number of nitrogens with one attached hydrogen (secondary N) is 1. The number of hydrogen-bond donors (Lipinski definition) is 1. The summed E-state index contributed by atoms with van der Waals surface area (Å²) in [5.74, 6) is -1.07. The van der Waals surface area contributed by atoms with Crippen molar-refractivity contribution in [2.75, 3.05) is 5.32 Å². The van der Waals surface area contributed by atoms with Crippen LogP contribution in [0.5, 0.6) is 0 Å². The van der Waals surface area contributed by atoms with E-state index in [1.165, 1.54) is 16.5 Å². The normalized spacial score (nSPS) is 13.2. The predicted molar refractivity (Wildman–Crippen MR) is 142 cm³/mol. The van der Waals surface area contributed by atoms with Crippen LogP contribution in [0.4, 0.5) is 5.69 Å². The van der Waals surface area contributed by atoms with E-state index in [9.17, 15) is 14.4 Å². The molecule has 1 N–H and O–H groups in total. The maximum Gasteiger partial charge on any atom is 0.262 e. The molecule has 6 nitrogen and oxygen atoms in total. The van der Waals surface area contributed by atoms with Gasteiger partial charge in [0.2, 0.25) is 0 Å². The quantitative estimate of drug-likeness (QED) is 0.331. The smallest absolute Gasteiger partial charge is 0.262 e. The number of carbonyl (C=O) groups is 3. The molecule has 0 saturated carbocycles. The van der Waals surface area contributed by atoms with E-state index >= 15 is 0 Å². The van der Waals surface area contributed by atoms with Gasteiger partial charge >= 0.3 is 0 Å².